The first kappa shape index (κ1) is 12.8. The monoisotopic (exact) mass is 254 g/mol. The Morgan fingerprint density at radius 3 is 1.38 bits per heavy atom. The second-order valence-corrected chi connectivity index (χ2v) is 6.50. The third-order valence-corrected chi connectivity index (χ3v) is 5.24. The largest absolute Gasteiger partial charge is 0.285 e. The van der Waals surface area contributed by atoms with Gasteiger partial charge in [0.1, 0.15) is 10.7 Å². The van der Waals surface area contributed by atoms with E-state index in [1.54, 1.807) is 0 Å². The van der Waals surface area contributed by atoms with Crippen molar-refractivity contribution in [2.45, 2.75) is 4.58 Å². The van der Waals surface area contributed by atoms with Crippen molar-refractivity contribution in [3.05, 3.63) is 0 Å². The lowest BCUT2D eigenvalue weighted by molar-refractivity contribution is 0.458. The van der Waals surface area contributed by atoms with Crippen LogP contribution in [0.1, 0.15) is 0 Å². The van der Waals surface area contributed by atoms with Gasteiger partial charge in [-0.3, -0.25) is 9.11 Å². The summed E-state index contributed by atoms with van der Waals surface area (Å²) < 4.78 is 74.7. The van der Waals surface area contributed by atoms with Crippen molar-refractivity contribution in [1.29, 1.82) is 0 Å². The zero-order valence-electron chi connectivity index (χ0n) is 5.89. The van der Waals surface area contributed by atoms with Gasteiger partial charge in [-0.15, -0.1) is 0 Å². The van der Waals surface area contributed by atoms with E-state index >= 15 is 0 Å². The van der Waals surface area contributed by atoms with Crippen molar-refractivity contribution in [3.8, 4) is 0 Å². The van der Waals surface area contributed by atoms with Crippen LogP contribution in [-0.2, 0) is 30.9 Å². The van der Waals surface area contributed by atoms with Crippen LogP contribution in [0.25, 0.3) is 0 Å². The van der Waals surface area contributed by atoms with E-state index in [0.717, 1.165) is 0 Å². The number of hydrogen-bond donors (Lipinski definition) is 3. The van der Waals surface area contributed by atoms with Gasteiger partial charge in [-0.2, -0.15) is 16.8 Å². The lowest BCUT2D eigenvalue weighted by Crippen LogP contribution is -2.33. The van der Waals surface area contributed by atoms with Gasteiger partial charge in [0.2, 0.25) is 4.58 Å². The summed E-state index contributed by atoms with van der Waals surface area (Å²) in [5, 5.41) is 0. The van der Waals surface area contributed by atoms with E-state index in [1.807, 2.05) is 0 Å². The summed E-state index contributed by atoms with van der Waals surface area (Å²) in [6, 6.07) is 0. The lowest BCUT2D eigenvalue weighted by atomic mass is 10.9. The molecule has 0 saturated heterocycles. The molecular formula is C2H6O8S3. The Morgan fingerprint density at radius 2 is 1.31 bits per heavy atom. The minimum Gasteiger partial charge on any atom is -0.284 e. The van der Waals surface area contributed by atoms with Gasteiger partial charge in [0.05, 0.1) is 5.75 Å². The molecule has 13 heavy (non-hydrogen) atoms. The molecule has 0 unspecified atom stereocenters. The summed E-state index contributed by atoms with van der Waals surface area (Å²) in [7, 11) is -13.6. The van der Waals surface area contributed by atoms with Gasteiger partial charge in [0.15, 0.2) is 0 Å². The second-order valence-electron chi connectivity index (χ2n) is 1.97. The fraction of sp³-hybridized carbons (Fsp3) is 1.00. The average Bonchev–Trinajstić information content (AvgIpc) is 1.77. The van der Waals surface area contributed by atoms with Gasteiger partial charge >= 0.3 is 0 Å². The molecule has 0 saturated carbocycles. The van der Waals surface area contributed by atoms with Crippen LogP contribution in [0.3, 0.4) is 0 Å². The standard InChI is InChI=1S/C2H6O8S3/c3-11(4)1-2(12(5,6)7)13(8,9)10/h2,11H,1H2,(H,5,6,7)(H,8,9,10). The number of hydrogen-bond acceptors (Lipinski definition) is 6. The minimum atomic E-state index is -5.14. The fourth-order valence-electron chi connectivity index (χ4n) is 0.464. The maximum absolute atomic E-state index is 10.3. The molecule has 0 aliphatic heterocycles. The van der Waals surface area contributed by atoms with Gasteiger partial charge in [-0.05, 0) is 0 Å². The normalized spacial score (nSPS) is 13.8. The van der Waals surface area contributed by atoms with Crippen molar-refractivity contribution >= 4 is 30.9 Å². The van der Waals surface area contributed by atoms with E-state index in [-0.39, 0.29) is 0 Å². The Labute approximate surface area is 76.0 Å². The van der Waals surface area contributed by atoms with E-state index in [1.165, 1.54) is 0 Å². The summed E-state index contributed by atoms with van der Waals surface area (Å²) in [5.41, 5.74) is 0. The van der Waals surface area contributed by atoms with Gasteiger partial charge in [0, 0.05) is 0 Å². The van der Waals surface area contributed by atoms with Gasteiger partial charge in [0.25, 0.3) is 20.2 Å². The molecule has 0 atom stereocenters. The zero-order chi connectivity index (χ0) is 10.9. The predicted molar refractivity (Wildman–Crippen MR) is 42.1 cm³/mol. The molecular weight excluding hydrogens is 248 g/mol. The third-order valence-electron chi connectivity index (χ3n) is 0.963. The first-order chi connectivity index (χ1) is 5.55. The van der Waals surface area contributed by atoms with Gasteiger partial charge in [-0.25, -0.2) is 8.42 Å². The van der Waals surface area contributed by atoms with Gasteiger partial charge < -0.3 is 0 Å². The summed E-state index contributed by atoms with van der Waals surface area (Å²) in [4.78, 5) is 0. The van der Waals surface area contributed by atoms with E-state index in [2.05, 4.69) is 0 Å². The molecule has 0 aromatic heterocycles. The maximum Gasteiger partial charge on any atom is 0.285 e. The van der Waals surface area contributed by atoms with Crippen LogP contribution < -0.4 is 0 Å². The van der Waals surface area contributed by atoms with Crippen LogP contribution in [0.5, 0.6) is 0 Å². The number of thiol groups is 1. The van der Waals surface area contributed by atoms with Crippen LogP contribution in [0, 0.1) is 0 Å². The Morgan fingerprint density at radius 1 is 1.00 bits per heavy atom. The molecule has 11 heteroatoms. The van der Waals surface area contributed by atoms with Crippen LogP contribution in [0.4, 0.5) is 0 Å². The van der Waals surface area contributed by atoms with Gasteiger partial charge in [-0.1, -0.05) is 0 Å². The number of rotatable bonds is 4. The summed E-state index contributed by atoms with van der Waals surface area (Å²) >= 11 is 0. The Kier molecular flexibility index (Phi) is 3.81. The topological polar surface area (TPSA) is 143 Å². The molecule has 0 radical (unpaired) electrons. The molecule has 0 amide bonds. The van der Waals surface area contributed by atoms with Crippen LogP contribution in [0.15, 0.2) is 0 Å². The summed E-state index contributed by atoms with van der Waals surface area (Å²) in [5.74, 6) is -1.38. The SMILES string of the molecule is O=[SH](=O)CC(S(=O)(=O)O)S(=O)(=O)O. The third kappa shape index (κ3) is 4.52. The Balaban J connectivity index is 5.27. The van der Waals surface area contributed by atoms with Crippen molar-refractivity contribution in [2.75, 3.05) is 5.75 Å². The molecule has 0 fully saturated rings. The van der Waals surface area contributed by atoms with Crippen molar-refractivity contribution in [3.63, 3.8) is 0 Å². The van der Waals surface area contributed by atoms with Crippen molar-refractivity contribution in [1.82, 2.24) is 0 Å². The van der Waals surface area contributed by atoms with E-state index < -0.39 is 41.3 Å². The molecule has 8 nitrogen and oxygen atoms in total. The van der Waals surface area contributed by atoms with Crippen LogP contribution >= 0.6 is 0 Å². The summed E-state index contributed by atoms with van der Waals surface area (Å²) in [6.45, 7) is 0. The fourth-order valence-corrected chi connectivity index (χ4v) is 4.17. The summed E-state index contributed by atoms with van der Waals surface area (Å²) in [6.07, 6.45) is 0. The smallest absolute Gasteiger partial charge is 0.284 e. The highest BCUT2D eigenvalue weighted by atomic mass is 32.3. The molecule has 0 aromatic rings. The Hall–Kier alpha value is -0.230. The predicted octanol–water partition coefficient (Wildman–Crippen LogP) is -2.30. The highest BCUT2D eigenvalue weighted by molar-refractivity contribution is 8.04. The molecule has 2 N–H and O–H groups in total. The first-order valence-corrected chi connectivity index (χ1v) is 6.96. The Bertz CT molecular complexity index is 396. The maximum atomic E-state index is 10.3. The quantitative estimate of drug-likeness (QED) is 0.375. The van der Waals surface area contributed by atoms with E-state index in [9.17, 15) is 25.3 Å². The molecule has 80 valence electrons. The average molecular weight is 254 g/mol. The highest BCUT2D eigenvalue weighted by Gasteiger charge is 2.36. The van der Waals surface area contributed by atoms with Crippen LogP contribution in [-0.4, -0.2) is 44.7 Å². The molecule has 0 rings (SSSR count). The molecule has 0 bridgehead atoms. The van der Waals surface area contributed by atoms with Crippen LogP contribution in [0.2, 0.25) is 0 Å². The first-order valence-electron chi connectivity index (χ1n) is 2.59. The molecule has 0 spiro atoms. The molecule has 0 aromatic carbocycles. The second kappa shape index (κ2) is 3.88. The highest BCUT2D eigenvalue weighted by Crippen LogP contribution is 2.06. The lowest BCUT2D eigenvalue weighted by Gasteiger charge is -2.05. The van der Waals surface area contributed by atoms with Crippen molar-refractivity contribution < 1.29 is 34.4 Å². The molecule has 0 aliphatic rings. The van der Waals surface area contributed by atoms with E-state index in [4.69, 9.17) is 9.11 Å². The zero-order valence-corrected chi connectivity index (χ0v) is 8.42. The van der Waals surface area contributed by atoms with Crippen molar-refractivity contribution in [2.24, 2.45) is 0 Å². The molecule has 0 aliphatic carbocycles. The molecule has 0 heterocycles. The minimum absolute atomic E-state index is 1.38. The van der Waals surface area contributed by atoms with E-state index in [0.29, 0.717) is 0 Å².